The molecule has 0 fully saturated rings. The third-order valence-electron chi connectivity index (χ3n) is 2.33. The molecule has 0 spiro atoms. The SMILES string of the molecule is CCCC(CC)Nc1ncc(OC)cn1. The zero-order valence-corrected chi connectivity index (χ0v) is 9.66. The van der Waals surface area contributed by atoms with Crippen LogP contribution < -0.4 is 10.1 Å². The van der Waals surface area contributed by atoms with E-state index in [1.165, 1.54) is 6.42 Å². The monoisotopic (exact) mass is 209 g/mol. The maximum atomic E-state index is 5.00. The minimum Gasteiger partial charge on any atom is -0.494 e. The first-order valence-corrected chi connectivity index (χ1v) is 5.42. The highest BCUT2D eigenvalue weighted by Gasteiger charge is 2.06. The topological polar surface area (TPSA) is 47.0 Å². The van der Waals surface area contributed by atoms with Crippen molar-refractivity contribution in [3.05, 3.63) is 12.4 Å². The summed E-state index contributed by atoms with van der Waals surface area (Å²) < 4.78 is 5.00. The number of rotatable bonds is 6. The number of nitrogens with zero attached hydrogens (tertiary/aromatic N) is 2. The normalized spacial score (nSPS) is 12.2. The number of methoxy groups -OCH3 is 1. The Balaban J connectivity index is 2.55. The second-order valence-electron chi connectivity index (χ2n) is 3.48. The van der Waals surface area contributed by atoms with E-state index >= 15 is 0 Å². The van der Waals surface area contributed by atoms with Crippen molar-refractivity contribution in [3.8, 4) is 5.75 Å². The molecule has 1 N–H and O–H groups in total. The largest absolute Gasteiger partial charge is 0.494 e. The molecule has 0 bridgehead atoms. The summed E-state index contributed by atoms with van der Waals surface area (Å²) in [4.78, 5) is 8.34. The summed E-state index contributed by atoms with van der Waals surface area (Å²) in [5.74, 6) is 1.36. The van der Waals surface area contributed by atoms with Gasteiger partial charge in [-0.3, -0.25) is 0 Å². The Hall–Kier alpha value is -1.32. The molecule has 1 heterocycles. The van der Waals surface area contributed by atoms with Gasteiger partial charge in [0.15, 0.2) is 5.75 Å². The average molecular weight is 209 g/mol. The number of aromatic nitrogens is 2. The lowest BCUT2D eigenvalue weighted by Gasteiger charge is -2.15. The molecule has 0 aromatic carbocycles. The van der Waals surface area contributed by atoms with Crippen LogP contribution >= 0.6 is 0 Å². The lowest BCUT2D eigenvalue weighted by Crippen LogP contribution is -2.19. The van der Waals surface area contributed by atoms with E-state index in [2.05, 4.69) is 29.1 Å². The van der Waals surface area contributed by atoms with Crippen LogP contribution in [-0.4, -0.2) is 23.1 Å². The predicted molar refractivity (Wildman–Crippen MR) is 61.2 cm³/mol. The zero-order chi connectivity index (χ0) is 11.1. The van der Waals surface area contributed by atoms with Crippen molar-refractivity contribution >= 4 is 5.95 Å². The Morgan fingerprint density at radius 3 is 2.47 bits per heavy atom. The molecule has 0 saturated heterocycles. The molecular formula is C11H19N3O. The van der Waals surface area contributed by atoms with Crippen LogP contribution in [0.2, 0.25) is 0 Å². The average Bonchev–Trinajstić information content (AvgIpc) is 2.29. The predicted octanol–water partition coefficient (Wildman–Crippen LogP) is 2.48. The lowest BCUT2D eigenvalue weighted by atomic mass is 10.1. The van der Waals surface area contributed by atoms with Gasteiger partial charge in [0.2, 0.25) is 5.95 Å². The molecule has 0 saturated carbocycles. The molecule has 4 heteroatoms. The lowest BCUT2D eigenvalue weighted by molar-refractivity contribution is 0.411. The fourth-order valence-corrected chi connectivity index (χ4v) is 1.41. The highest BCUT2D eigenvalue weighted by molar-refractivity contribution is 5.28. The van der Waals surface area contributed by atoms with Crippen molar-refractivity contribution < 1.29 is 4.74 Å². The van der Waals surface area contributed by atoms with E-state index in [1.54, 1.807) is 19.5 Å². The molecular weight excluding hydrogens is 190 g/mol. The van der Waals surface area contributed by atoms with Crippen LogP contribution in [0.4, 0.5) is 5.95 Å². The van der Waals surface area contributed by atoms with Gasteiger partial charge >= 0.3 is 0 Å². The van der Waals surface area contributed by atoms with Gasteiger partial charge in [0.05, 0.1) is 19.5 Å². The first kappa shape index (κ1) is 11.8. The van der Waals surface area contributed by atoms with Gasteiger partial charge in [-0.1, -0.05) is 20.3 Å². The van der Waals surface area contributed by atoms with Crippen LogP contribution in [0.5, 0.6) is 5.75 Å². The van der Waals surface area contributed by atoms with Crippen molar-refractivity contribution in [2.45, 2.75) is 39.2 Å². The van der Waals surface area contributed by atoms with E-state index in [9.17, 15) is 0 Å². The van der Waals surface area contributed by atoms with Crippen LogP contribution in [-0.2, 0) is 0 Å². The first-order valence-electron chi connectivity index (χ1n) is 5.42. The minimum absolute atomic E-state index is 0.461. The van der Waals surface area contributed by atoms with E-state index in [4.69, 9.17) is 4.74 Å². The third-order valence-corrected chi connectivity index (χ3v) is 2.33. The van der Waals surface area contributed by atoms with Gasteiger partial charge in [0, 0.05) is 6.04 Å². The molecule has 0 aliphatic rings. The highest BCUT2D eigenvalue weighted by Crippen LogP contribution is 2.11. The quantitative estimate of drug-likeness (QED) is 0.781. The number of hydrogen-bond donors (Lipinski definition) is 1. The van der Waals surface area contributed by atoms with Gasteiger partial charge in [0.25, 0.3) is 0 Å². The number of hydrogen-bond acceptors (Lipinski definition) is 4. The van der Waals surface area contributed by atoms with Gasteiger partial charge in [-0.2, -0.15) is 0 Å². The van der Waals surface area contributed by atoms with Crippen LogP contribution in [0.1, 0.15) is 33.1 Å². The van der Waals surface area contributed by atoms with E-state index < -0.39 is 0 Å². The Labute approximate surface area is 91.1 Å². The Morgan fingerprint density at radius 2 is 2.00 bits per heavy atom. The molecule has 1 aromatic heterocycles. The standard InChI is InChI=1S/C11H19N3O/c1-4-6-9(5-2)14-11-12-7-10(15-3)8-13-11/h7-9H,4-6H2,1-3H3,(H,12,13,14). The highest BCUT2D eigenvalue weighted by atomic mass is 16.5. The van der Waals surface area contributed by atoms with Gasteiger partial charge in [-0.15, -0.1) is 0 Å². The zero-order valence-electron chi connectivity index (χ0n) is 9.66. The van der Waals surface area contributed by atoms with Crippen LogP contribution in [0.3, 0.4) is 0 Å². The van der Waals surface area contributed by atoms with E-state index in [1.807, 2.05) is 0 Å². The van der Waals surface area contributed by atoms with Gasteiger partial charge in [-0.25, -0.2) is 9.97 Å². The van der Waals surface area contributed by atoms with Crippen molar-refractivity contribution in [1.29, 1.82) is 0 Å². The third kappa shape index (κ3) is 3.73. The molecule has 15 heavy (non-hydrogen) atoms. The molecule has 84 valence electrons. The summed E-state index contributed by atoms with van der Waals surface area (Å²) in [5.41, 5.74) is 0. The second-order valence-corrected chi connectivity index (χ2v) is 3.48. The summed E-state index contributed by atoms with van der Waals surface area (Å²) in [6.07, 6.45) is 6.75. The Morgan fingerprint density at radius 1 is 1.33 bits per heavy atom. The molecule has 0 amide bonds. The van der Waals surface area contributed by atoms with Gasteiger partial charge < -0.3 is 10.1 Å². The summed E-state index contributed by atoms with van der Waals surface area (Å²) in [7, 11) is 1.61. The molecule has 4 nitrogen and oxygen atoms in total. The number of nitrogens with one attached hydrogen (secondary N) is 1. The van der Waals surface area contributed by atoms with E-state index in [-0.39, 0.29) is 0 Å². The smallest absolute Gasteiger partial charge is 0.223 e. The number of anilines is 1. The molecule has 1 rings (SSSR count). The second kappa shape index (κ2) is 6.22. The van der Waals surface area contributed by atoms with E-state index in [0.29, 0.717) is 17.7 Å². The molecule has 1 atom stereocenters. The van der Waals surface area contributed by atoms with Crippen molar-refractivity contribution in [1.82, 2.24) is 9.97 Å². The van der Waals surface area contributed by atoms with Crippen LogP contribution in [0.25, 0.3) is 0 Å². The van der Waals surface area contributed by atoms with Crippen molar-refractivity contribution in [2.24, 2.45) is 0 Å². The summed E-state index contributed by atoms with van der Waals surface area (Å²) >= 11 is 0. The summed E-state index contributed by atoms with van der Waals surface area (Å²) in [6, 6.07) is 0.461. The van der Waals surface area contributed by atoms with E-state index in [0.717, 1.165) is 12.8 Å². The Bertz CT molecular complexity index is 274. The van der Waals surface area contributed by atoms with Crippen molar-refractivity contribution in [2.75, 3.05) is 12.4 Å². The molecule has 1 aromatic rings. The molecule has 1 unspecified atom stereocenters. The van der Waals surface area contributed by atoms with Gasteiger partial charge in [-0.05, 0) is 12.8 Å². The minimum atomic E-state index is 0.461. The van der Waals surface area contributed by atoms with Crippen LogP contribution in [0.15, 0.2) is 12.4 Å². The fraction of sp³-hybridized carbons (Fsp3) is 0.636. The first-order chi connectivity index (χ1) is 7.30. The molecule has 0 aliphatic carbocycles. The fourth-order valence-electron chi connectivity index (χ4n) is 1.41. The van der Waals surface area contributed by atoms with Crippen molar-refractivity contribution in [3.63, 3.8) is 0 Å². The van der Waals surface area contributed by atoms with Gasteiger partial charge in [0.1, 0.15) is 0 Å². The maximum absolute atomic E-state index is 5.00. The Kier molecular flexibility index (Phi) is 4.87. The summed E-state index contributed by atoms with van der Waals surface area (Å²) in [6.45, 7) is 4.34. The molecule has 0 aliphatic heterocycles. The molecule has 0 radical (unpaired) electrons. The number of ether oxygens (including phenoxy) is 1. The summed E-state index contributed by atoms with van der Waals surface area (Å²) in [5, 5.41) is 3.30. The maximum Gasteiger partial charge on any atom is 0.223 e. The van der Waals surface area contributed by atoms with Crippen LogP contribution in [0, 0.1) is 0 Å².